The van der Waals surface area contributed by atoms with E-state index in [-0.39, 0.29) is 22.7 Å². The Morgan fingerprint density at radius 3 is 1.57 bits per heavy atom. The number of nitrogen functional groups attached to an aromatic ring is 2. The van der Waals surface area contributed by atoms with E-state index in [9.17, 15) is 24.3 Å². The number of aliphatic hydroxyl groups excluding tert-OH is 1. The molecule has 21 nitrogen and oxygen atoms in total. The summed E-state index contributed by atoms with van der Waals surface area (Å²) in [5.41, 5.74) is 11.2. The van der Waals surface area contributed by atoms with E-state index in [4.69, 9.17) is 63.1 Å². The van der Waals surface area contributed by atoms with Crippen molar-refractivity contribution in [3.63, 3.8) is 0 Å². The average molecular weight is 1060 g/mol. The third-order valence-electron chi connectivity index (χ3n) is 12.2. The second-order valence-corrected chi connectivity index (χ2v) is 18.0. The summed E-state index contributed by atoms with van der Waals surface area (Å²) in [7, 11) is 0. The second kappa shape index (κ2) is 23.0. The number of halogens is 2. The van der Waals surface area contributed by atoms with Gasteiger partial charge >= 0.3 is 23.9 Å². The van der Waals surface area contributed by atoms with E-state index in [0.29, 0.717) is 56.9 Å². The lowest BCUT2D eigenvalue weighted by molar-refractivity contribution is -0.170. The third-order valence-corrected chi connectivity index (χ3v) is 12.8. The van der Waals surface area contributed by atoms with Gasteiger partial charge in [-0.25, -0.2) is 29.1 Å². The molecule has 2 fully saturated rings. The number of nitrogens with zero attached hydrogens (tertiary/aromatic N) is 7. The van der Waals surface area contributed by atoms with Gasteiger partial charge in [-0.15, -0.1) is 0 Å². The molecule has 8 atom stereocenters. The molecule has 2 saturated heterocycles. The molecule has 0 amide bonds. The van der Waals surface area contributed by atoms with Gasteiger partial charge in [0.15, 0.2) is 57.5 Å². The highest BCUT2D eigenvalue weighted by atomic mass is 35.5. The topological polar surface area (TPSA) is 294 Å². The predicted molar refractivity (Wildman–Crippen MR) is 273 cm³/mol. The van der Waals surface area contributed by atoms with E-state index in [1.165, 1.54) is 19.6 Å². The molecule has 10 rings (SSSR count). The Kier molecular flexibility index (Phi) is 16.3. The molecular formula is C52H50Cl2N10O11. The van der Waals surface area contributed by atoms with Crippen molar-refractivity contribution in [3.05, 3.63) is 167 Å². The highest BCUT2D eigenvalue weighted by molar-refractivity contribution is 6.34. The maximum absolute atomic E-state index is 13.3. The molecule has 4 aromatic carbocycles. The van der Waals surface area contributed by atoms with Gasteiger partial charge in [-0.05, 0) is 75.2 Å². The monoisotopic (exact) mass is 1060 g/mol. The number of rotatable bonds is 11. The summed E-state index contributed by atoms with van der Waals surface area (Å²) in [6, 6.07) is 34.0. The van der Waals surface area contributed by atoms with Crippen LogP contribution < -0.4 is 11.5 Å². The molecule has 4 aromatic heterocycles. The molecule has 0 spiro atoms. The van der Waals surface area contributed by atoms with Crippen LogP contribution >= 0.6 is 23.2 Å². The molecule has 0 aliphatic carbocycles. The number of carbonyl (C=O) groups excluding carboxylic acids is 4. The zero-order valence-electron chi connectivity index (χ0n) is 40.7. The summed E-state index contributed by atoms with van der Waals surface area (Å²) in [6.07, 6.45) is -1.62. The van der Waals surface area contributed by atoms with E-state index in [2.05, 4.69) is 34.9 Å². The number of nitrogens with two attached hydrogens (primary N) is 2. The number of aliphatic hydroxyl groups is 1. The lowest BCUT2D eigenvalue weighted by Crippen LogP contribution is -2.51. The Labute approximate surface area is 438 Å². The van der Waals surface area contributed by atoms with Gasteiger partial charge in [-0.1, -0.05) is 110 Å². The van der Waals surface area contributed by atoms with Crippen LogP contribution in [0, 0.1) is 0 Å². The molecule has 3 unspecified atom stereocenters. The molecule has 6 heterocycles. The standard InChI is InChI=1S/C26H24ClN5O5.C21H22O6.C5H4ClN5/c1-3-17-19(36-22(33)15-10-6-4-7-11-15)26(2,37-23(34)16-12-8-5-9-13-16)24(35-17)32-14-29-18-20(27)30-25(28)31-21(18)32;1-3-16-17(26-18(22)14-10-6-4-7-11-14)21(2,20(24)25-16)27-19(23)15-12-8-5-9-13-15;6-3-2-4(9-1-8-2)11-5(7)10-3/h4-14,17,19,24H,3H2,1-2H3,(H2,28,30,31);4-13,16-17,20,24H,3H2,1-2H3;1H,(H3,7,8,9,10,11)/t17-,19?,24-,26+;16-,17?,20?,21+;/m11./s1. The van der Waals surface area contributed by atoms with E-state index in [1.807, 2.05) is 13.8 Å². The summed E-state index contributed by atoms with van der Waals surface area (Å²) >= 11 is 11.9. The minimum Gasteiger partial charge on any atom is -0.452 e. The van der Waals surface area contributed by atoms with Crippen molar-refractivity contribution in [1.82, 2.24) is 39.5 Å². The molecule has 2 aliphatic heterocycles. The molecule has 6 N–H and O–H groups in total. The van der Waals surface area contributed by atoms with Gasteiger partial charge in [0.05, 0.1) is 34.9 Å². The lowest BCUT2D eigenvalue weighted by atomic mass is 9.94. The summed E-state index contributed by atoms with van der Waals surface area (Å²) in [5.74, 6) is -2.29. The number of H-pyrrole nitrogens is 1. The maximum atomic E-state index is 13.3. The number of carbonyl (C=O) groups is 4. The molecule has 75 heavy (non-hydrogen) atoms. The van der Waals surface area contributed by atoms with E-state index in [0.717, 1.165) is 0 Å². The molecule has 8 aromatic rings. The van der Waals surface area contributed by atoms with Crippen molar-refractivity contribution in [2.45, 2.75) is 88.7 Å². The first kappa shape index (κ1) is 53.2. The first-order chi connectivity index (χ1) is 36.0. The SMILES string of the molecule is CC[C@H]1OC(O)[C@@](C)(OC(=O)c2ccccc2)C1OC(=O)c1ccccc1.CC[C@H]1O[C@@H](n2cnc3c(Cl)nc(N)nc32)[C@@](C)(OC(=O)c2ccccc2)C1OC(=O)c1ccccc1.Nc1nc(Cl)c2[nH]cnc2n1. The van der Waals surface area contributed by atoms with Crippen LogP contribution in [0.4, 0.5) is 11.9 Å². The van der Waals surface area contributed by atoms with Gasteiger partial charge < -0.3 is 50.0 Å². The van der Waals surface area contributed by atoms with Crippen LogP contribution in [0.1, 0.15) is 88.2 Å². The minimum atomic E-state index is -1.53. The first-order valence-electron chi connectivity index (χ1n) is 23.4. The first-order valence-corrected chi connectivity index (χ1v) is 24.2. The smallest absolute Gasteiger partial charge is 0.338 e. The largest absolute Gasteiger partial charge is 0.452 e. The molecule has 0 radical (unpaired) electrons. The molecule has 0 saturated carbocycles. The number of ether oxygens (including phenoxy) is 6. The Balaban J connectivity index is 0.000000170. The summed E-state index contributed by atoms with van der Waals surface area (Å²) in [4.78, 5) is 78.2. The number of aromatic nitrogens is 8. The van der Waals surface area contributed by atoms with Gasteiger partial charge in [0, 0.05) is 0 Å². The van der Waals surface area contributed by atoms with Crippen LogP contribution in [0.5, 0.6) is 0 Å². The second-order valence-electron chi connectivity index (χ2n) is 17.3. The zero-order valence-corrected chi connectivity index (χ0v) is 42.2. The Morgan fingerprint density at radius 1 is 0.627 bits per heavy atom. The predicted octanol–water partition coefficient (Wildman–Crippen LogP) is 7.75. The highest BCUT2D eigenvalue weighted by Gasteiger charge is 2.60. The average Bonchev–Trinajstić information content (AvgIpc) is 4.18. The van der Waals surface area contributed by atoms with Crippen molar-refractivity contribution in [2.75, 3.05) is 11.5 Å². The van der Waals surface area contributed by atoms with Crippen molar-refractivity contribution >= 4 is 81.3 Å². The number of hydrogen-bond acceptors (Lipinski definition) is 19. The normalized spacial score (nSPS) is 22.8. The Morgan fingerprint density at radius 2 is 1.07 bits per heavy atom. The van der Waals surface area contributed by atoms with Crippen LogP contribution in [0.2, 0.25) is 10.3 Å². The fourth-order valence-corrected chi connectivity index (χ4v) is 8.84. The third kappa shape index (κ3) is 11.5. The molecule has 0 bridgehead atoms. The van der Waals surface area contributed by atoms with Gasteiger partial charge in [-0.2, -0.15) is 19.9 Å². The fourth-order valence-electron chi connectivity index (χ4n) is 8.39. The lowest BCUT2D eigenvalue weighted by Gasteiger charge is -2.34. The van der Waals surface area contributed by atoms with Gasteiger partial charge in [-0.3, -0.25) is 4.57 Å². The Bertz CT molecular complexity index is 3290. The van der Waals surface area contributed by atoms with Gasteiger partial charge in [0.2, 0.25) is 11.9 Å². The van der Waals surface area contributed by atoms with Crippen LogP contribution in [0.15, 0.2) is 134 Å². The number of fused-ring (bicyclic) bond motifs is 2. The number of anilines is 2. The van der Waals surface area contributed by atoms with Crippen molar-refractivity contribution < 1.29 is 52.7 Å². The van der Waals surface area contributed by atoms with Gasteiger partial charge in [0.25, 0.3) is 0 Å². The zero-order chi connectivity index (χ0) is 53.4. The van der Waals surface area contributed by atoms with Gasteiger partial charge in [0.1, 0.15) is 23.2 Å². The fraction of sp³-hybridized carbons (Fsp3) is 0.269. The van der Waals surface area contributed by atoms with Crippen molar-refractivity contribution in [2.24, 2.45) is 0 Å². The van der Waals surface area contributed by atoms with Crippen molar-refractivity contribution in [1.29, 1.82) is 0 Å². The number of nitrogens with one attached hydrogen (secondary N) is 1. The van der Waals surface area contributed by atoms with Crippen LogP contribution in [-0.4, -0.2) is 110 Å². The molecule has 388 valence electrons. The quantitative estimate of drug-likeness (QED) is 0.0546. The number of benzene rings is 4. The van der Waals surface area contributed by atoms with E-state index in [1.54, 1.807) is 133 Å². The summed E-state index contributed by atoms with van der Waals surface area (Å²) < 4.78 is 36.8. The van der Waals surface area contributed by atoms with Crippen LogP contribution in [0.3, 0.4) is 0 Å². The number of imidazole rings is 2. The van der Waals surface area contributed by atoms with E-state index < -0.39 is 72.0 Å². The van der Waals surface area contributed by atoms with Crippen LogP contribution in [0.25, 0.3) is 22.3 Å². The number of esters is 4. The summed E-state index contributed by atoms with van der Waals surface area (Å²) in [5, 5.41) is 10.8. The van der Waals surface area contributed by atoms with Crippen molar-refractivity contribution in [3.8, 4) is 0 Å². The number of hydrogen-bond donors (Lipinski definition) is 4. The van der Waals surface area contributed by atoms with Crippen LogP contribution in [-0.2, 0) is 28.4 Å². The molecule has 23 heteroatoms. The maximum Gasteiger partial charge on any atom is 0.338 e. The summed E-state index contributed by atoms with van der Waals surface area (Å²) in [6.45, 7) is 6.90. The van der Waals surface area contributed by atoms with E-state index >= 15 is 0 Å². The number of aromatic amines is 1. The molecule has 2 aliphatic rings. The minimum absolute atomic E-state index is 0.0562. The Hall–Kier alpha value is -8.08. The highest BCUT2D eigenvalue weighted by Crippen LogP contribution is 2.46. The molecular weight excluding hydrogens is 1010 g/mol.